The average Bonchev–Trinajstić information content (AvgIpc) is 2.37. The molecule has 1 aromatic rings. The number of anilines is 1. The SMILES string of the molecule is CCOCCN(C)c1ccc([N+](=O)[O-])c(CO)c1. The van der Waals surface area contributed by atoms with E-state index in [9.17, 15) is 10.1 Å². The van der Waals surface area contributed by atoms with Gasteiger partial charge in [-0.15, -0.1) is 0 Å². The Bertz CT molecular complexity index is 409. The summed E-state index contributed by atoms with van der Waals surface area (Å²) in [6, 6.07) is 4.71. The van der Waals surface area contributed by atoms with Gasteiger partial charge >= 0.3 is 0 Å². The number of nitro groups is 1. The molecule has 0 aliphatic heterocycles. The Hall–Kier alpha value is -1.66. The minimum Gasteiger partial charge on any atom is -0.391 e. The molecule has 0 aliphatic carbocycles. The van der Waals surface area contributed by atoms with Gasteiger partial charge in [0.25, 0.3) is 5.69 Å². The zero-order valence-corrected chi connectivity index (χ0v) is 10.6. The van der Waals surface area contributed by atoms with E-state index in [1.54, 1.807) is 12.1 Å². The Labute approximate surface area is 106 Å². The van der Waals surface area contributed by atoms with Gasteiger partial charge in [-0.05, 0) is 19.1 Å². The van der Waals surface area contributed by atoms with Crippen LogP contribution in [0.15, 0.2) is 18.2 Å². The third kappa shape index (κ3) is 3.68. The zero-order valence-electron chi connectivity index (χ0n) is 10.6. The molecule has 0 amide bonds. The van der Waals surface area contributed by atoms with Crippen molar-refractivity contribution in [2.24, 2.45) is 0 Å². The molecule has 6 nitrogen and oxygen atoms in total. The summed E-state index contributed by atoms with van der Waals surface area (Å²) in [4.78, 5) is 12.2. The van der Waals surface area contributed by atoms with Crippen LogP contribution in [0.1, 0.15) is 12.5 Å². The third-order valence-corrected chi connectivity index (χ3v) is 2.65. The van der Waals surface area contributed by atoms with E-state index in [2.05, 4.69) is 0 Å². The summed E-state index contributed by atoms with van der Waals surface area (Å²) in [6.07, 6.45) is 0. The highest BCUT2D eigenvalue weighted by atomic mass is 16.6. The number of hydrogen-bond acceptors (Lipinski definition) is 5. The fraction of sp³-hybridized carbons (Fsp3) is 0.500. The van der Waals surface area contributed by atoms with E-state index >= 15 is 0 Å². The molecule has 0 radical (unpaired) electrons. The van der Waals surface area contributed by atoms with Gasteiger partial charge in [0.15, 0.2) is 0 Å². The van der Waals surface area contributed by atoms with Crippen LogP contribution in [0.25, 0.3) is 0 Å². The fourth-order valence-electron chi connectivity index (χ4n) is 1.59. The first-order valence-electron chi connectivity index (χ1n) is 5.77. The van der Waals surface area contributed by atoms with Crippen molar-refractivity contribution in [1.29, 1.82) is 0 Å². The Morgan fingerprint density at radius 2 is 2.22 bits per heavy atom. The monoisotopic (exact) mass is 254 g/mol. The van der Waals surface area contributed by atoms with Crippen LogP contribution in [0.2, 0.25) is 0 Å². The van der Waals surface area contributed by atoms with Crippen LogP contribution >= 0.6 is 0 Å². The van der Waals surface area contributed by atoms with E-state index in [0.717, 1.165) is 5.69 Å². The molecule has 0 spiro atoms. The highest BCUT2D eigenvalue weighted by Gasteiger charge is 2.14. The summed E-state index contributed by atoms with van der Waals surface area (Å²) in [5.74, 6) is 0. The molecule has 18 heavy (non-hydrogen) atoms. The lowest BCUT2D eigenvalue weighted by atomic mass is 10.1. The number of likely N-dealkylation sites (N-methyl/N-ethyl adjacent to an activating group) is 1. The Kier molecular flexibility index (Phi) is 5.54. The molecule has 0 saturated carbocycles. The Morgan fingerprint density at radius 1 is 1.50 bits per heavy atom. The smallest absolute Gasteiger partial charge is 0.275 e. The average molecular weight is 254 g/mol. The maximum Gasteiger partial charge on any atom is 0.275 e. The number of hydrogen-bond donors (Lipinski definition) is 1. The first-order chi connectivity index (χ1) is 8.60. The fourth-order valence-corrected chi connectivity index (χ4v) is 1.59. The van der Waals surface area contributed by atoms with Crippen molar-refractivity contribution in [2.45, 2.75) is 13.5 Å². The second-order valence-electron chi connectivity index (χ2n) is 3.85. The van der Waals surface area contributed by atoms with Crippen LogP contribution in [0.5, 0.6) is 0 Å². The molecule has 0 aliphatic rings. The summed E-state index contributed by atoms with van der Waals surface area (Å²) in [6.45, 7) is 3.53. The predicted molar refractivity (Wildman–Crippen MR) is 68.8 cm³/mol. The van der Waals surface area contributed by atoms with Gasteiger partial charge in [0.05, 0.1) is 23.7 Å². The topological polar surface area (TPSA) is 75.8 Å². The molecular formula is C12H18N2O4. The van der Waals surface area contributed by atoms with E-state index in [-0.39, 0.29) is 12.3 Å². The number of aliphatic hydroxyl groups is 1. The first kappa shape index (κ1) is 14.4. The van der Waals surface area contributed by atoms with Crippen molar-refractivity contribution in [2.75, 3.05) is 31.7 Å². The van der Waals surface area contributed by atoms with Crippen LogP contribution in [-0.2, 0) is 11.3 Å². The molecule has 0 heterocycles. The summed E-state index contributed by atoms with van der Waals surface area (Å²) < 4.78 is 5.24. The van der Waals surface area contributed by atoms with Crippen LogP contribution in [0.4, 0.5) is 11.4 Å². The maximum atomic E-state index is 10.7. The lowest BCUT2D eigenvalue weighted by Crippen LogP contribution is -2.22. The second kappa shape index (κ2) is 6.93. The van der Waals surface area contributed by atoms with Crippen LogP contribution in [0, 0.1) is 10.1 Å². The van der Waals surface area contributed by atoms with Crippen molar-refractivity contribution in [3.8, 4) is 0 Å². The molecule has 1 aromatic carbocycles. The van der Waals surface area contributed by atoms with E-state index in [0.29, 0.717) is 25.3 Å². The molecule has 0 aromatic heterocycles. The van der Waals surface area contributed by atoms with Crippen molar-refractivity contribution in [3.63, 3.8) is 0 Å². The van der Waals surface area contributed by atoms with E-state index in [1.165, 1.54) is 6.07 Å². The number of rotatable bonds is 7. The van der Waals surface area contributed by atoms with E-state index < -0.39 is 4.92 Å². The molecule has 0 bridgehead atoms. The van der Waals surface area contributed by atoms with E-state index in [1.807, 2.05) is 18.9 Å². The molecule has 1 rings (SSSR count). The summed E-state index contributed by atoms with van der Waals surface area (Å²) in [5, 5.41) is 19.9. The Balaban J connectivity index is 2.81. The van der Waals surface area contributed by atoms with Gasteiger partial charge in [0.1, 0.15) is 0 Å². The van der Waals surface area contributed by atoms with Crippen molar-refractivity contribution < 1.29 is 14.8 Å². The lowest BCUT2D eigenvalue weighted by Gasteiger charge is -2.19. The van der Waals surface area contributed by atoms with Crippen molar-refractivity contribution in [3.05, 3.63) is 33.9 Å². The minimum absolute atomic E-state index is 0.0561. The van der Waals surface area contributed by atoms with Crippen molar-refractivity contribution >= 4 is 11.4 Å². The summed E-state index contributed by atoms with van der Waals surface area (Å²) in [5.41, 5.74) is 1.09. The van der Waals surface area contributed by atoms with Gasteiger partial charge in [-0.3, -0.25) is 10.1 Å². The quantitative estimate of drug-likeness (QED) is 0.454. The normalized spacial score (nSPS) is 10.4. The lowest BCUT2D eigenvalue weighted by molar-refractivity contribution is -0.385. The van der Waals surface area contributed by atoms with E-state index in [4.69, 9.17) is 9.84 Å². The molecule has 1 N–H and O–H groups in total. The summed E-state index contributed by atoms with van der Waals surface area (Å²) in [7, 11) is 1.88. The molecule has 6 heteroatoms. The van der Waals surface area contributed by atoms with Crippen molar-refractivity contribution in [1.82, 2.24) is 0 Å². The highest BCUT2D eigenvalue weighted by Crippen LogP contribution is 2.24. The van der Waals surface area contributed by atoms with Gasteiger partial charge in [-0.25, -0.2) is 0 Å². The standard InChI is InChI=1S/C12H18N2O4/c1-3-18-7-6-13(2)11-4-5-12(14(16)17)10(8-11)9-15/h4-5,8,15H,3,6-7,9H2,1-2H3. The predicted octanol–water partition coefficient (Wildman–Crippen LogP) is 1.56. The largest absolute Gasteiger partial charge is 0.391 e. The van der Waals surface area contributed by atoms with Crippen LogP contribution in [-0.4, -0.2) is 36.8 Å². The summed E-state index contributed by atoms with van der Waals surface area (Å²) >= 11 is 0. The Morgan fingerprint density at radius 3 is 2.78 bits per heavy atom. The molecule has 0 atom stereocenters. The number of nitrogens with zero attached hydrogens (tertiary/aromatic N) is 2. The maximum absolute atomic E-state index is 10.7. The second-order valence-corrected chi connectivity index (χ2v) is 3.85. The molecular weight excluding hydrogens is 236 g/mol. The number of nitro benzene ring substituents is 1. The first-order valence-corrected chi connectivity index (χ1v) is 5.77. The van der Waals surface area contributed by atoms with Gasteiger partial charge in [-0.2, -0.15) is 0 Å². The number of ether oxygens (including phenoxy) is 1. The molecule has 100 valence electrons. The van der Waals surface area contributed by atoms with Gasteiger partial charge in [0.2, 0.25) is 0 Å². The molecule has 0 fully saturated rings. The third-order valence-electron chi connectivity index (χ3n) is 2.65. The zero-order chi connectivity index (χ0) is 13.5. The number of aliphatic hydroxyl groups excluding tert-OH is 1. The number of benzene rings is 1. The van der Waals surface area contributed by atoms with Crippen LogP contribution in [0.3, 0.4) is 0 Å². The van der Waals surface area contributed by atoms with Gasteiger partial charge in [-0.1, -0.05) is 0 Å². The van der Waals surface area contributed by atoms with Crippen LogP contribution < -0.4 is 4.90 Å². The molecule has 0 saturated heterocycles. The molecule has 0 unspecified atom stereocenters. The minimum atomic E-state index is -0.491. The highest BCUT2D eigenvalue weighted by molar-refractivity contribution is 5.55. The van der Waals surface area contributed by atoms with Gasteiger partial charge < -0.3 is 14.7 Å². The van der Waals surface area contributed by atoms with Gasteiger partial charge in [0, 0.05) is 32.0 Å².